The molecule has 2 N–H and O–H groups in total. The van der Waals surface area contributed by atoms with Crippen molar-refractivity contribution in [3.63, 3.8) is 0 Å². The van der Waals surface area contributed by atoms with Gasteiger partial charge in [0.15, 0.2) is 0 Å². The Bertz CT molecular complexity index is 116. The monoisotopic (exact) mass is 113 g/mol. The fourth-order valence-electron chi connectivity index (χ4n) is 0.636. The lowest BCUT2D eigenvalue weighted by Crippen LogP contribution is -1.93. The molecule has 1 fully saturated rings. The predicted molar refractivity (Wildman–Crippen MR) is 32.3 cm³/mol. The molecule has 2 atom stereocenters. The van der Waals surface area contributed by atoms with Gasteiger partial charge in [-0.15, -0.1) is 0 Å². The lowest BCUT2D eigenvalue weighted by atomic mass is 10.3. The first-order chi connectivity index (χ1) is 3.70. The molecule has 2 nitrogen and oxygen atoms in total. The van der Waals surface area contributed by atoms with Gasteiger partial charge in [-0.2, -0.15) is 0 Å². The van der Waals surface area contributed by atoms with Crippen LogP contribution in [0, 0.1) is 0 Å². The van der Waals surface area contributed by atoms with Crippen molar-refractivity contribution in [2.45, 2.75) is 26.1 Å². The number of allylic oxidation sites excluding steroid dienone is 1. The van der Waals surface area contributed by atoms with E-state index in [1.807, 2.05) is 19.9 Å². The van der Waals surface area contributed by atoms with Gasteiger partial charge in [-0.25, -0.2) is 0 Å². The van der Waals surface area contributed by atoms with Crippen LogP contribution in [0.2, 0.25) is 0 Å². The lowest BCUT2D eigenvalue weighted by molar-refractivity contribution is 0.399. The maximum atomic E-state index is 5.38. The Morgan fingerprint density at radius 3 is 2.38 bits per heavy atom. The minimum Gasteiger partial charge on any atom is -0.402 e. The summed E-state index contributed by atoms with van der Waals surface area (Å²) in [7, 11) is 0. The number of nitrogens with two attached hydrogens (primary N) is 1. The number of ether oxygens (including phenoxy) is 1. The van der Waals surface area contributed by atoms with Gasteiger partial charge in [-0.1, -0.05) is 0 Å². The zero-order chi connectivity index (χ0) is 6.15. The summed E-state index contributed by atoms with van der Waals surface area (Å²) >= 11 is 0. The topological polar surface area (TPSA) is 38.5 Å². The van der Waals surface area contributed by atoms with E-state index >= 15 is 0 Å². The van der Waals surface area contributed by atoms with E-state index < -0.39 is 0 Å². The highest BCUT2D eigenvalue weighted by Crippen LogP contribution is 2.22. The zero-order valence-electron chi connectivity index (χ0n) is 5.22. The highest BCUT2D eigenvalue weighted by Gasteiger charge is 2.31. The summed E-state index contributed by atoms with van der Waals surface area (Å²) in [6, 6.07) is 0. The quantitative estimate of drug-likeness (QED) is 0.507. The molecule has 0 amide bonds. The SMILES string of the molecule is C/C(N)=C\C1OC1C. The van der Waals surface area contributed by atoms with Crippen LogP contribution >= 0.6 is 0 Å². The van der Waals surface area contributed by atoms with Crippen molar-refractivity contribution in [2.75, 3.05) is 0 Å². The summed E-state index contributed by atoms with van der Waals surface area (Å²) in [6.45, 7) is 3.90. The van der Waals surface area contributed by atoms with Gasteiger partial charge in [0.2, 0.25) is 0 Å². The lowest BCUT2D eigenvalue weighted by Gasteiger charge is -1.82. The van der Waals surface area contributed by atoms with Gasteiger partial charge < -0.3 is 10.5 Å². The predicted octanol–water partition coefficient (Wildman–Crippen LogP) is 0.636. The molecule has 2 heteroatoms. The van der Waals surface area contributed by atoms with E-state index in [2.05, 4.69) is 0 Å². The van der Waals surface area contributed by atoms with Gasteiger partial charge in [-0.3, -0.25) is 0 Å². The highest BCUT2D eigenvalue weighted by atomic mass is 16.6. The van der Waals surface area contributed by atoms with E-state index in [1.54, 1.807) is 0 Å². The molecule has 1 aliphatic rings. The third-order valence-corrected chi connectivity index (χ3v) is 1.18. The molecule has 0 radical (unpaired) electrons. The maximum Gasteiger partial charge on any atom is 0.104 e. The van der Waals surface area contributed by atoms with Gasteiger partial charge in [0.1, 0.15) is 6.10 Å². The van der Waals surface area contributed by atoms with Crippen LogP contribution in [0.15, 0.2) is 11.8 Å². The molecule has 0 spiro atoms. The van der Waals surface area contributed by atoms with Crippen LogP contribution < -0.4 is 5.73 Å². The second-order valence-electron chi connectivity index (χ2n) is 2.22. The highest BCUT2D eigenvalue weighted by molar-refractivity contribution is 5.05. The van der Waals surface area contributed by atoms with Crippen molar-refractivity contribution in [1.29, 1.82) is 0 Å². The van der Waals surface area contributed by atoms with E-state index in [9.17, 15) is 0 Å². The Kier molecular flexibility index (Phi) is 1.26. The minimum absolute atomic E-state index is 0.306. The summed E-state index contributed by atoms with van der Waals surface area (Å²) in [4.78, 5) is 0. The van der Waals surface area contributed by atoms with Crippen LogP contribution in [0.1, 0.15) is 13.8 Å². The molecule has 0 bridgehead atoms. The second kappa shape index (κ2) is 1.78. The molecule has 8 heavy (non-hydrogen) atoms. The van der Waals surface area contributed by atoms with Crippen molar-refractivity contribution in [1.82, 2.24) is 0 Å². The van der Waals surface area contributed by atoms with Crippen LogP contribution in [0.4, 0.5) is 0 Å². The van der Waals surface area contributed by atoms with Gasteiger partial charge in [0.25, 0.3) is 0 Å². The first kappa shape index (κ1) is 5.63. The molecule has 1 rings (SSSR count). The Balaban J connectivity index is 2.32. The van der Waals surface area contributed by atoms with Gasteiger partial charge in [-0.05, 0) is 19.9 Å². The van der Waals surface area contributed by atoms with Crippen molar-refractivity contribution < 1.29 is 4.74 Å². The third kappa shape index (κ3) is 1.23. The van der Waals surface area contributed by atoms with E-state index in [-0.39, 0.29) is 0 Å². The molecule has 2 unspecified atom stereocenters. The molecule has 0 aromatic carbocycles. The van der Waals surface area contributed by atoms with Crippen LogP contribution in [0.3, 0.4) is 0 Å². The van der Waals surface area contributed by atoms with Crippen molar-refractivity contribution >= 4 is 0 Å². The smallest absolute Gasteiger partial charge is 0.104 e. The standard InChI is InChI=1S/C6H11NO/c1-4(7)3-6-5(2)8-6/h3,5-6H,7H2,1-2H3/b4-3+. The summed E-state index contributed by atoms with van der Waals surface area (Å²) in [6.07, 6.45) is 2.64. The fourth-order valence-corrected chi connectivity index (χ4v) is 0.636. The number of hydrogen-bond acceptors (Lipinski definition) is 2. The van der Waals surface area contributed by atoms with Crippen molar-refractivity contribution in [3.05, 3.63) is 11.8 Å². The third-order valence-electron chi connectivity index (χ3n) is 1.18. The van der Waals surface area contributed by atoms with Gasteiger partial charge in [0, 0.05) is 5.70 Å². The molecule has 0 saturated carbocycles. The van der Waals surface area contributed by atoms with E-state index in [4.69, 9.17) is 10.5 Å². The van der Waals surface area contributed by atoms with E-state index in [0.29, 0.717) is 12.2 Å². The number of epoxide rings is 1. The van der Waals surface area contributed by atoms with Gasteiger partial charge in [0.05, 0.1) is 6.10 Å². The largest absolute Gasteiger partial charge is 0.402 e. The first-order valence-corrected chi connectivity index (χ1v) is 2.79. The average Bonchev–Trinajstić information content (AvgIpc) is 2.17. The molecular formula is C6H11NO. The first-order valence-electron chi connectivity index (χ1n) is 2.79. The summed E-state index contributed by atoms with van der Waals surface area (Å²) in [5.41, 5.74) is 6.22. The molecule has 1 heterocycles. The Hall–Kier alpha value is -0.500. The number of rotatable bonds is 1. The van der Waals surface area contributed by atoms with Crippen LogP contribution in [-0.2, 0) is 4.74 Å². The molecule has 1 aliphatic heterocycles. The molecule has 0 aromatic rings. The maximum absolute atomic E-state index is 5.38. The van der Waals surface area contributed by atoms with Crippen molar-refractivity contribution in [2.24, 2.45) is 5.73 Å². The summed E-state index contributed by atoms with van der Waals surface area (Å²) in [5.74, 6) is 0. The zero-order valence-corrected chi connectivity index (χ0v) is 5.22. The molecular weight excluding hydrogens is 102 g/mol. The fraction of sp³-hybridized carbons (Fsp3) is 0.667. The normalized spacial score (nSPS) is 37.5. The van der Waals surface area contributed by atoms with E-state index in [0.717, 1.165) is 5.70 Å². The Labute approximate surface area is 49.3 Å². The van der Waals surface area contributed by atoms with Crippen LogP contribution in [-0.4, -0.2) is 12.2 Å². The molecule has 46 valence electrons. The Morgan fingerprint density at radius 1 is 1.75 bits per heavy atom. The summed E-state index contributed by atoms with van der Waals surface area (Å²) in [5, 5.41) is 0. The van der Waals surface area contributed by atoms with Gasteiger partial charge >= 0.3 is 0 Å². The number of hydrogen-bond donors (Lipinski definition) is 1. The second-order valence-corrected chi connectivity index (χ2v) is 2.22. The van der Waals surface area contributed by atoms with Crippen molar-refractivity contribution in [3.8, 4) is 0 Å². The van der Waals surface area contributed by atoms with E-state index in [1.165, 1.54) is 0 Å². The molecule has 1 saturated heterocycles. The molecule has 0 aliphatic carbocycles. The average molecular weight is 113 g/mol. The van der Waals surface area contributed by atoms with Crippen LogP contribution in [0.25, 0.3) is 0 Å². The Morgan fingerprint density at radius 2 is 2.25 bits per heavy atom. The summed E-state index contributed by atoms with van der Waals surface area (Å²) < 4.78 is 5.07. The van der Waals surface area contributed by atoms with Crippen LogP contribution in [0.5, 0.6) is 0 Å². The molecule has 0 aromatic heterocycles. The minimum atomic E-state index is 0.306.